The van der Waals surface area contributed by atoms with Crippen LogP contribution in [0.1, 0.15) is 21.5 Å². The number of carbonyl (C=O) groups is 1. The van der Waals surface area contributed by atoms with E-state index in [1.54, 1.807) is 0 Å². The van der Waals surface area contributed by atoms with E-state index < -0.39 is 17.6 Å². The fraction of sp³-hybridized carbons (Fsp3) is 0.222. The molecule has 2 rings (SSSR count). The van der Waals surface area contributed by atoms with Gasteiger partial charge in [0.2, 0.25) is 0 Å². The molecule has 1 aromatic carbocycles. The van der Waals surface area contributed by atoms with E-state index in [2.05, 4.69) is 5.32 Å². The summed E-state index contributed by atoms with van der Waals surface area (Å²) in [5, 5.41) is 2.33. The van der Waals surface area contributed by atoms with Gasteiger partial charge in [0.05, 0.1) is 5.56 Å². The topological polar surface area (TPSA) is 29.1 Å². The van der Waals surface area contributed by atoms with Crippen molar-refractivity contribution in [1.82, 2.24) is 5.32 Å². The molecule has 0 saturated heterocycles. The molecule has 0 aliphatic carbocycles. The second-order valence-electron chi connectivity index (χ2n) is 3.28. The molecule has 1 aliphatic heterocycles. The molecule has 76 valence electrons. The van der Waals surface area contributed by atoms with E-state index in [4.69, 9.17) is 7.85 Å². The zero-order valence-corrected chi connectivity index (χ0v) is 7.48. The van der Waals surface area contributed by atoms with Crippen LogP contribution in [-0.2, 0) is 12.7 Å². The SMILES string of the molecule is [B]c1cc2c(c(C(F)(F)F)c1)CNC2=O. The monoisotopic (exact) mass is 211 g/mol. The summed E-state index contributed by atoms with van der Waals surface area (Å²) in [5.41, 5.74) is -0.905. The Hall–Kier alpha value is -1.46. The first-order valence-electron chi connectivity index (χ1n) is 4.17. The van der Waals surface area contributed by atoms with Crippen molar-refractivity contribution in [3.63, 3.8) is 0 Å². The summed E-state index contributed by atoms with van der Waals surface area (Å²) in [4.78, 5) is 11.2. The second kappa shape index (κ2) is 3.02. The highest BCUT2D eigenvalue weighted by atomic mass is 19.4. The number of hydrogen-bond acceptors (Lipinski definition) is 1. The number of alkyl halides is 3. The number of fused-ring (bicyclic) bond motifs is 1. The van der Waals surface area contributed by atoms with Crippen LogP contribution < -0.4 is 10.8 Å². The molecule has 0 unspecified atom stereocenters. The van der Waals surface area contributed by atoms with Crippen LogP contribution in [0.15, 0.2) is 12.1 Å². The van der Waals surface area contributed by atoms with Gasteiger partial charge < -0.3 is 5.32 Å². The third kappa shape index (κ3) is 1.60. The largest absolute Gasteiger partial charge is 0.416 e. The van der Waals surface area contributed by atoms with Crippen molar-refractivity contribution in [2.24, 2.45) is 0 Å². The van der Waals surface area contributed by atoms with Gasteiger partial charge in [-0.2, -0.15) is 13.2 Å². The van der Waals surface area contributed by atoms with Gasteiger partial charge in [0.15, 0.2) is 0 Å². The van der Waals surface area contributed by atoms with Crippen LogP contribution in [0.2, 0.25) is 0 Å². The van der Waals surface area contributed by atoms with Gasteiger partial charge in [-0.1, -0.05) is 17.6 Å². The molecule has 1 amide bonds. The van der Waals surface area contributed by atoms with Crippen molar-refractivity contribution in [3.05, 3.63) is 28.8 Å². The number of halogens is 3. The van der Waals surface area contributed by atoms with Crippen LogP contribution in [0.5, 0.6) is 0 Å². The quantitative estimate of drug-likeness (QED) is 0.630. The van der Waals surface area contributed by atoms with Crippen molar-refractivity contribution in [2.45, 2.75) is 12.7 Å². The minimum absolute atomic E-state index is 0.0160. The third-order valence-electron chi connectivity index (χ3n) is 2.25. The Labute approximate surface area is 84.9 Å². The van der Waals surface area contributed by atoms with Crippen molar-refractivity contribution in [2.75, 3.05) is 0 Å². The maximum atomic E-state index is 12.6. The Morgan fingerprint density at radius 1 is 1.33 bits per heavy atom. The first-order chi connectivity index (χ1) is 6.89. The molecule has 0 saturated carbocycles. The van der Waals surface area contributed by atoms with Gasteiger partial charge in [0, 0.05) is 12.1 Å². The lowest BCUT2D eigenvalue weighted by Gasteiger charge is -2.11. The zero-order valence-electron chi connectivity index (χ0n) is 7.48. The van der Waals surface area contributed by atoms with E-state index in [0.29, 0.717) is 0 Å². The van der Waals surface area contributed by atoms with Crippen LogP contribution >= 0.6 is 0 Å². The molecule has 0 aromatic heterocycles. The van der Waals surface area contributed by atoms with Crippen molar-refractivity contribution in [3.8, 4) is 0 Å². The minimum Gasteiger partial charge on any atom is -0.348 e. The van der Waals surface area contributed by atoms with Crippen LogP contribution in [0, 0.1) is 0 Å². The smallest absolute Gasteiger partial charge is 0.348 e. The number of rotatable bonds is 0. The molecule has 1 N–H and O–H groups in total. The van der Waals surface area contributed by atoms with Crippen LogP contribution in [0.25, 0.3) is 0 Å². The first kappa shape index (κ1) is 10.1. The van der Waals surface area contributed by atoms with E-state index in [9.17, 15) is 18.0 Å². The molecule has 2 radical (unpaired) electrons. The number of benzene rings is 1. The van der Waals surface area contributed by atoms with Crippen LogP contribution in [0.4, 0.5) is 13.2 Å². The maximum Gasteiger partial charge on any atom is 0.416 e. The summed E-state index contributed by atoms with van der Waals surface area (Å²) in [6.45, 7) is -0.0940. The molecule has 0 bridgehead atoms. The van der Waals surface area contributed by atoms with Gasteiger partial charge in [-0.3, -0.25) is 4.79 Å². The lowest BCUT2D eigenvalue weighted by Crippen LogP contribution is -2.16. The highest BCUT2D eigenvalue weighted by molar-refractivity contribution is 6.33. The van der Waals surface area contributed by atoms with E-state index in [1.807, 2.05) is 0 Å². The second-order valence-corrected chi connectivity index (χ2v) is 3.28. The highest BCUT2D eigenvalue weighted by Crippen LogP contribution is 2.34. The average molecular weight is 211 g/mol. The highest BCUT2D eigenvalue weighted by Gasteiger charge is 2.37. The van der Waals surface area contributed by atoms with Gasteiger partial charge in [-0.05, 0) is 5.56 Å². The average Bonchev–Trinajstić information content (AvgIpc) is 2.45. The molecule has 1 heterocycles. The van der Waals surface area contributed by atoms with Gasteiger partial charge in [-0.15, -0.1) is 0 Å². The summed E-state index contributed by atoms with van der Waals surface area (Å²) < 4.78 is 37.7. The zero-order chi connectivity index (χ0) is 11.2. The van der Waals surface area contributed by atoms with Crippen molar-refractivity contribution in [1.29, 1.82) is 0 Å². The molecule has 6 heteroatoms. The van der Waals surface area contributed by atoms with E-state index in [-0.39, 0.29) is 23.1 Å². The van der Waals surface area contributed by atoms with Gasteiger partial charge in [-0.25, -0.2) is 0 Å². The Kier molecular flexibility index (Phi) is 2.03. The lowest BCUT2D eigenvalue weighted by molar-refractivity contribution is -0.138. The van der Waals surface area contributed by atoms with E-state index >= 15 is 0 Å². The Balaban J connectivity index is 2.67. The minimum atomic E-state index is -4.48. The number of carbonyl (C=O) groups excluding carboxylic acids is 1. The Morgan fingerprint density at radius 3 is 2.60 bits per heavy atom. The molecule has 1 aliphatic rings. The number of nitrogens with one attached hydrogen (secondary N) is 1. The number of amides is 1. The number of hydrogen-bond donors (Lipinski definition) is 1. The van der Waals surface area contributed by atoms with Crippen LogP contribution in [0.3, 0.4) is 0 Å². The molecule has 0 fully saturated rings. The summed E-state index contributed by atoms with van der Waals surface area (Å²) in [7, 11) is 5.31. The molecule has 0 atom stereocenters. The standard InChI is InChI=1S/C9H5BF3NO/c10-4-1-5-6(3-14-8(5)15)7(2-4)9(11,12)13/h1-2H,3H2,(H,14,15). The molecular formula is C9H5BF3NO. The fourth-order valence-electron chi connectivity index (χ4n) is 1.60. The lowest BCUT2D eigenvalue weighted by atomic mass is 9.89. The first-order valence-corrected chi connectivity index (χ1v) is 4.17. The van der Waals surface area contributed by atoms with Gasteiger partial charge in [0.1, 0.15) is 7.85 Å². The molecular weight excluding hydrogens is 206 g/mol. The summed E-state index contributed by atoms with van der Waals surface area (Å²) in [6, 6.07) is 2.10. The van der Waals surface area contributed by atoms with Gasteiger partial charge in [0.25, 0.3) is 5.91 Å². The van der Waals surface area contributed by atoms with Crippen molar-refractivity contribution >= 4 is 19.2 Å². The molecule has 0 spiro atoms. The van der Waals surface area contributed by atoms with E-state index in [1.165, 1.54) is 6.07 Å². The summed E-state index contributed by atoms with van der Waals surface area (Å²) >= 11 is 0. The fourth-order valence-corrected chi connectivity index (χ4v) is 1.60. The maximum absolute atomic E-state index is 12.6. The van der Waals surface area contributed by atoms with Crippen molar-refractivity contribution < 1.29 is 18.0 Å². The normalized spacial score (nSPS) is 15.0. The Morgan fingerprint density at radius 2 is 2.00 bits per heavy atom. The van der Waals surface area contributed by atoms with Crippen LogP contribution in [-0.4, -0.2) is 13.8 Å². The van der Waals surface area contributed by atoms with Gasteiger partial charge >= 0.3 is 6.18 Å². The predicted octanol–water partition coefficient (Wildman–Crippen LogP) is 0.743. The molecule has 15 heavy (non-hydrogen) atoms. The third-order valence-corrected chi connectivity index (χ3v) is 2.25. The molecule has 1 aromatic rings. The molecule has 2 nitrogen and oxygen atoms in total. The predicted molar refractivity (Wildman–Crippen MR) is 48.0 cm³/mol. The summed E-state index contributed by atoms with van der Waals surface area (Å²) in [6.07, 6.45) is -4.48. The Bertz CT molecular complexity index is 442. The van der Waals surface area contributed by atoms with E-state index in [0.717, 1.165) is 6.07 Å². The summed E-state index contributed by atoms with van der Waals surface area (Å²) in [5.74, 6) is -0.511.